The number of amides is 1. The molecule has 3 aromatic carbocycles. The maximum Gasteiger partial charge on any atom is 0.256 e. The minimum atomic E-state index is -1.31. The van der Waals surface area contributed by atoms with E-state index in [9.17, 15) is 14.7 Å². The van der Waals surface area contributed by atoms with Gasteiger partial charge in [-0.1, -0.05) is 66.7 Å². The Morgan fingerprint density at radius 3 is 2.49 bits per heavy atom. The van der Waals surface area contributed by atoms with E-state index in [1.54, 1.807) is 11.0 Å². The van der Waals surface area contributed by atoms with Crippen LogP contribution in [0, 0.1) is 13.8 Å². The standard InChI is InChI=1S/C33H33N3O3/c1-21-13-14-24(18-22(21)2)23-8-6-9-25(19-23)29(37)31(39)36-17-7-12-28-27(20-36)30(38)35-32(34-28)33(15-16-33)26-10-4-3-5-11-26/h3-6,8-11,13-14,18-19,29,37H,7,12,15-17,20H2,1-2H3,(H,34,35,38). The van der Waals surface area contributed by atoms with Crippen LogP contribution in [0.15, 0.2) is 77.6 Å². The normalized spacial score (nSPS) is 16.7. The summed E-state index contributed by atoms with van der Waals surface area (Å²) in [6.45, 7) is 4.75. The zero-order valence-electron chi connectivity index (χ0n) is 22.4. The van der Waals surface area contributed by atoms with Crippen LogP contribution in [0.4, 0.5) is 0 Å². The number of aliphatic hydroxyl groups excluding tert-OH is 1. The molecule has 0 bridgehead atoms. The minimum absolute atomic E-state index is 0.142. The number of aliphatic hydroxyl groups is 1. The average molecular weight is 520 g/mol. The number of aromatic amines is 1. The Hall–Kier alpha value is -4.03. The third kappa shape index (κ3) is 4.70. The van der Waals surface area contributed by atoms with E-state index in [4.69, 9.17) is 4.98 Å². The van der Waals surface area contributed by atoms with Gasteiger partial charge in [0, 0.05) is 6.54 Å². The van der Waals surface area contributed by atoms with E-state index < -0.39 is 12.0 Å². The van der Waals surface area contributed by atoms with Crippen molar-refractivity contribution in [3.8, 4) is 11.1 Å². The number of fused-ring (bicyclic) bond motifs is 1. The van der Waals surface area contributed by atoms with Crippen LogP contribution in [0.5, 0.6) is 0 Å². The summed E-state index contributed by atoms with van der Waals surface area (Å²) in [6, 6.07) is 24.0. The quantitative estimate of drug-likeness (QED) is 0.382. The molecule has 1 aromatic heterocycles. The lowest BCUT2D eigenvalue weighted by molar-refractivity contribution is -0.141. The molecular weight excluding hydrogens is 486 g/mol. The minimum Gasteiger partial charge on any atom is -0.378 e. The van der Waals surface area contributed by atoms with E-state index in [0.29, 0.717) is 30.5 Å². The molecule has 4 aromatic rings. The van der Waals surface area contributed by atoms with Gasteiger partial charge in [0.2, 0.25) is 0 Å². The first-order valence-electron chi connectivity index (χ1n) is 13.7. The van der Waals surface area contributed by atoms with Crippen molar-refractivity contribution in [2.45, 2.75) is 57.6 Å². The van der Waals surface area contributed by atoms with E-state index >= 15 is 0 Å². The highest BCUT2D eigenvalue weighted by Gasteiger charge is 2.48. The monoisotopic (exact) mass is 519 g/mol. The summed E-state index contributed by atoms with van der Waals surface area (Å²) >= 11 is 0. The smallest absolute Gasteiger partial charge is 0.256 e. The lowest BCUT2D eigenvalue weighted by atomic mass is 9.94. The number of H-pyrrole nitrogens is 1. The maximum absolute atomic E-state index is 13.5. The molecule has 0 radical (unpaired) electrons. The van der Waals surface area contributed by atoms with Crippen molar-refractivity contribution >= 4 is 5.91 Å². The Morgan fingerprint density at radius 1 is 0.974 bits per heavy atom. The molecule has 1 fully saturated rings. The third-order valence-corrected chi connectivity index (χ3v) is 8.41. The van der Waals surface area contributed by atoms with E-state index in [0.717, 1.165) is 35.5 Å². The van der Waals surface area contributed by atoms with Crippen LogP contribution in [0.2, 0.25) is 0 Å². The summed E-state index contributed by atoms with van der Waals surface area (Å²) in [5, 5.41) is 11.1. The van der Waals surface area contributed by atoms with E-state index in [1.807, 2.05) is 36.4 Å². The number of aryl methyl sites for hydroxylation is 3. The van der Waals surface area contributed by atoms with Crippen molar-refractivity contribution in [3.63, 3.8) is 0 Å². The second-order valence-corrected chi connectivity index (χ2v) is 11.0. The molecule has 6 rings (SSSR count). The van der Waals surface area contributed by atoms with Gasteiger partial charge in [0.15, 0.2) is 6.10 Å². The molecule has 2 heterocycles. The van der Waals surface area contributed by atoms with Gasteiger partial charge in [-0.15, -0.1) is 0 Å². The van der Waals surface area contributed by atoms with Gasteiger partial charge in [-0.25, -0.2) is 4.98 Å². The highest BCUT2D eigenvalue weighted by Crippen LogP contribution is 2.51. The predicted molar refractivity (Wildman–Crippen MR) is 151 cm³/mol. The van der Waals surface area contributed by atoms with Crippen LogP contribution >= 0.6 is 0 Å². The van der Waals surface area contributed by atoms with Gasteiger partial charge in [-0.2, -0.15) is 0 Å². The number of nitrogens with zero attached hydrogens (tertiary/aromatic N) is 2. The summed E-state index contributed by atoms with van der Waals surface area (Å²) < 4.78 is 0. The lowest BCUT2D eigenvalue weighted by Crippen LogP contribution is -2.36. The number of hydrogen-bond acceptors (Lipinski definition) is 4. The zero-order chi connectivity index (χ0) is 27.1. The summed E-state index contributed by atoms with van der Waals surface area (Å²) in [7, 11) is 0. The first-order chi connectivity index (χ1) is 18.9. The molecule has 1 atom stereocenters. The molecule has 2 aliphatic rings. The van der Waals surface area contributed by atoms with Crippen molar-refractivity contribution in [2.75, 3.05) is 6.54 Å². The number of rotatable bonds is 5. The van der Waals surface area contributed by atoms with Crippen LogP contribution in [-0.2, 0) is 23.2 Å². The fraction of sp³-hybridized carbons (Fsp3) is 0.303. The van der Waals surface area contributed by atoms with Gasteiger partial charge in [-0.05, 0) is 79.0 Å². The fourth-order valence-corrected chi connectivity index (χ4v) is 5.71. The van der Waals surface area contributed by atoms with E-state index in [1.165, 1.54) is 16.7 Å². The highest BCUT2D eigenvalue weighted by molar-refractivity contribution is 5.83. The number of aromatic nitrogens is 2. The molecule has 2 N–H and O–H groups in total. The number of benzene rings is 3. The van der Waals surface area contributed by atoms with Gasteiger partial charge in [-0.3, -0.25) is 9.59 Å². The van der Waals surface area contributed by atoms with Crippen molar-refractivity contribution in [2.24, 2.45) is 0 Å². The van der Waals surface area contributed by atoms with Crippen molar-refractivity contribution < 1.29 is 9.90 Å². The largest absolute Gasteiger partial charge is 0.378 e. The number of carbonyl (C=O) groups is 1. The maximum atomic E-state index is 13.5. The molecule has 6 nitrogen and oxygen atoms in total. The van der Waals surface area contributed by atoms with E-state index in [2.05, 4.69) is 49.2 Å². The molecule has 39 heavy (non-hydrogen) atoms. The molecule has 1 unspecified atom stereocenters. The number of carbonyl (C=O) groups excluding carboxylic acids is 1. The summed E-state index contributed by atoms with van der Waals surface area (Å²) in [5.41, 5.74) is 6.97. The topological polar surface area (TPSA) is 86.3 Å². The molecule has 1 amide bonds. The van der Waals surface area contributed by atoms with Crippen molar-refractivity contribution in [1.82, 2.24) is 14.9 Å². The number of hydrogen-bond donors (Lipinski definition) is 2. The highest BCUT2D eigenvalue weighted by atomic mass is 16.3. The molecule has 1 saturated carbocycles. The second-order valence-electron chi connectivity index (χ2n) is 11.0. The number of nitrogens with one attached hydrogen (secondary N) is 1. The zero-order valence-corrected chi connectivity index (χ0v) is 22.4. The lowest BCUT2D eigenvalue weighted by Gasteiger charge is -2.24. The Balaban J connectivity index is 1.25. The first kappa shape index (κ1) is 25.3. The molecule has 6 heteroatoms. The Morgan fingerprint density at radius 2 is 1.74 bits per heavy atom. The second kappa shape index (κ2) is 9.93. The van der Waals surface area contributed by atoms with Gasteiger partial charge >= 0.3 is 0 Å². The molecule has 1 aliphatic heterocycles. The van der Waals surface area contributed by atoms with Crippen LogP contribution in [0.1, 0.15) is 64.7 Å². The predicted octanol–water partition coefficient (Wildman–Crippen LogP) is 5.14. The summed E-state index contributed by atoms with van der Waals surface area (Å²) in [4.78, 5) is 36.4. The Kier molecular flexibility index (Phi) is 6.43. The summed E-state index contributed by atoms with van der Waals surface area (Å²) in [5.74, 6) is 0.326. The third-order valence-electron chi connectivity index (χ3n) is 8.41. The van der Waals surface area contributed by atoms with Crippen LogP contribution < -0.4 is 5.56 Å². The molecule has 1 aliphatic carbocycles. The van der Waals surface area contributed by atoms with E-state index in [-0.39, 0.29) is 17.5 Å². The van der Waals surface area contributed by atoms with Crippen LogP contribution in [0.25, 0.3) is 11.1 Å². The van der Waals surface area contributed by atoms with Gasteiger partial charge < -0.3 is 15.0 Å². The summed E-state index contributed by atoms with van der Waals surface area (Å²) in [6.07, 6.45) is 1.91. The molecule has 198 valence electrons. The fourth-order valence-electron chi connectivity index (χ4n) is 5.71. The first-order valence-corrected chi connectivity index (χ1v) is 13.7. The van der Waals surface area contributed by atoms with Gasteiger partial charge in [0.25, 0.3) is 11.5 Å². The average Bonchev–Trinajstić information content (AvgIpc) is 3.79. The van der Waals surface area contributed by atoms with Gasteiger partial charge in [0.05, 0.1) is 23.2 Å². The Labute approximate surface area is 228 Å². The van der Waals surface area contributed by atoms with Gasteiger partial charge in [0.1, 0.15) is 5.82 Å². The Bertz CT molecular complexity index is 1600. The molecule has 0 saturated heterocycles. The van der Waals surface area contributed by atoms with Crippen LogP contribution in [-0.4, -0.2) is 32.4 Å². The molecular formula is C33H33N3O3. The van der Waals surface area contributed by atoms with Crippen LogP contribution in [0.3, 0.4) is 0 Å². The van der Waals surface area contributed by atoms with Crippen molar-refractivity contribution in [3.05, 3.63) is 122 Å². The SMILES string of the molecule is Cc1ccc(-c2cccc(C(O)C(=O)N3CCCc4nc(C5(c6ccccc6)CC5)[nH]c(=O)c4C3)c2)cc1C. The van der Waals surface area contributed by atoms with Crippen molar-refractivity contribution in [1.29, 1.82) is 0 Å². The molecule has 0 spiro atoms.